The minimum Gasteiger partial charge on any atom is -0.464 e. The highest BCUT2D eigenvalue weighted by Crippen LogP contribution is 2.29. The molecule has 162 valence electrons. The number of benzene rings is 1. The van der Waals surface area contributed by atoms with E-state index in [-0.39, 0.29) is 41.3 Å². The summed E-state index contributed by atoms with van der Waals surface area (Å²) in [5, 5.41) is 20.2. The Morgan fingerprint density at radius 1 is 1.22 bits per heavy atom. The Balaban J connectivity index is 1.92. The Morgan fingerprint density at radius 2 is 1.91 bits per heavy atom. The van der Waals surface area contributed by atoms with Crippen molar-refractivity contribution in [3.05, 3.63) is 69.0 Å². The van der Waals surface area contributed by atoms with Gasteiger partial charge >= 0.3 is 5.97 Å². The van der Waals surface area contributed by atoms with Gasteiger partial charge in [-0.1, -0.05) is 0 Å². The highest BCUT2D eigenvalue weighted by molar-refractivity contribution is 6.19. The van der Waals surface area contributed by atoms with Crippen molar-refractivity contribution in [2.45, 2.75) is 13.8 Å². The van der Waals surface area contributed by atoms with Crippen molar-refractivity contribution >= 4 is 29.5 Å². The van der Waals surface area contributed by atoms with Gasteiger partial charge in [-0.25, -0.2) is 0 Å². The number of carbonyl (C=O) groups is 3. The Labute approximate surface area is 182 Å². The summed E-state index contributed by atoms with van der Waals surface area (Å²) in [4.78, 5) is 47.5. The number of nitrogens with zero attached hydrogens (tertiary/aromatic N) is 3. The summed E-state index contributed by atoms with van der Waals surface area (Å²) in [5.41, 5.74) is 0.645. The number of hydrogen-bond donors (Lipinski definition) is 0. The number of esters is 1. The van der Waals surface area contributed by atoms with Crippen LogP contribution in [0.2, 0.25) is 0 Å². The number of furan rings is 1. The first-order chi connectivity index (χ1) is 15.2. The average Bonchev–Trinajstić information content (AvgIpc) is 3.22. The number of nitro groups is 1. The van der Waals surface area contributed by atoms with Crippen molar-refractivity contribution in [1.82, 2.24) is 4.90 Å². The molecule has 0 fully saturated rings. The van der Waals surface area contributed by atoms with Crippen molar-refractivity contribution in [1.29, 1.82) is 5.26 Å². The summed E-state index contributed by atoms with van der Waals surface area (Å²) >= 11 is 0. The molecule has 2 amide bonds. The number of amides is 2. The predicted molar refractivity (Wildman–Crippen MR) is 110 cm³/mol. The van der Waals surface area contributed by atoms with Crippen LogP contribution in [0.3, 0.4) is 0 Å². The summed E-state index contributed by atoms with van der Waals surface area (Å²) in [5.74, 6) is -1.26. The number of hydrogen-bond acceptors (Lipinski definition) is 8. The van der Waals surface area contributed by atoms with Crippen LogP contribution in [0.15, 0.2) is 57.5 Å². The predicted octanol–water partition coefficient (Wildman–Crippen LogP) is 3.01. The first-order valence-corrected chi connectivity index (χ1v) is 9.40. The molecule has 0 atom stereocenters. The second-order valence-corrected chi connectivity index (χ2v) is 6.78. The van der Waals surface area contributed by atoms with Gasteiger partial charge in [0, 0.05) is 30.2 Å². The first-order valence-electron chi connectivity index (χ1n) is 9.40. The fraction of sp³-hybridized carbons (Fsp3) is 0.182. The first kappa shape index (κ1) is 22.2. The van der Waals surface area contributed by atoms with Gasteiger partial charge in [-0.05, 0) is 42.8 Å². The Hall–Kier alpha value is -4.52. The van der Waals surface area contributed by atoms with Gasteiger partial charge in [-0.15, -0.1) is 0 Å². The molecule has 0 saturated carbocycles. The van der Waals surface area contributed by atoms with Crippen LogP contribution >= 0.6 is 0 Å². The summed E-state index contributed by atoms with van der Waals surface area (Å²) < 4.78 is 10.5. The summed E-state index contributed by atoms with van der Waals surface area (Å²) in [6, 6.07) is 10.8. The monoisotopic (exact) mass is 435 g/mol. The number of ether oxygens (including phenoxy) is 1. The van der Waals surface area contributed by atoms with Gasteiger partial charge in [-0.3, -0.25) is 29.4 Å². The fourth-order valence-corrected chi connectivity index (χ4v) is 3.09. The third-order valence-electron chi connectivity index (χ3n) is 4.72. The number of rotatable bonds is 6. The quantitative estimate of drug-likeness (QED) is 0.221. The molecule has 2 aromatic rings. The third kappa shape index (κ3) is 4.46. The van der Waals surface area contributed by atoms with E-state index in [1.165, 1.54) is 44.2 Å². The molecular formula is C22H17N3O7. The molecule has 2 heterocycles. The van der Waals surface area contributed by atoms with E-state index >= 15 is 0 Å². The molecule has 0 N–H and O–H groups in total. The molecule has 1 aromatic heterocycles. The van der Waals surface area contributed by atoms with Crippen molar-refractivity contribution in [2.24, 2.45) is 0 Å². The number of imide groups is 1. The molecule has 10 heteroatoms. The lowest BCUT2D eigenvalue weighted by molar-refractivity contribution is -0.384. The lowest BCUT2D eigenvalue weighted by Crippen LogP contribution is -2.44. The van der Waals surface area contributed by atoms with Gasteiger partial charge < -0.3 is 9.15 Å². The van der Waals surface area contributed by atoms with Gasteiger partial charge in [0.1, 0.15) is 29.8 Å². The molecule has 0 unspecified atom stereocenters. The molecule has 3 rings (SSSR count). The highest BCUT2D eigenvalue weighted by Gasteiger charge is 2.35. The molecule has 1 aromatic carbocycles. The Kier molecular flexibility index (Phi) is 6.30. The van der Waals surface area contributed by atoms with Gasteiger partial charge in [0.15, 0.2) is 0 Å². The number of carbonyl (C=O) groups excluding carboxylic acids is 3. The van der Waals surface area contributed by atoms with Crippen LogP contribution in [-0.4, -0.2) is 40.8 Å². The van der Waals surface area contributed by atoms with Crippen molar-refractivity contribution < 1.29 is 28.5 Å². The molecule has 10 nitrogen and oxygen atoms in total. The van der Waals surface area contributed by atoms with E-state index < -0.39 is 22.7 Å². The smallest absolute Gasteiger partial charge is 0.302 e. The van der Waals surface area contributed by atoms with Crippen molar-refractivity contribution in [3.8, 4) is 17.4 Å². The molecule has 1 aliphatic heterocycles. The zero-order valence-electron chi connectivity index (χ0n) is 17.2. The minimum atomic E-state index is -0.759. The van der Waals surface area contributed by atoms with Gasteiger partial charge in [-0.2, -0.15) is 5.26 Å². The zero-order valence-corrected chi connectivity index (χ0v) is 17.2. The van der Waals surface area contributed by atoms with Crippen LogP contribution < -0.4 is 0 Å². The number of non-ortho nitro benzene ring substituents is 1. The van der Waals surface area contributed by atoms with Crippen LogP contribution in [0, 0.1) is 21.4 Å². The van der Waals surface area contributed by atoms with E-state index in [1.54, 1.807) is 12.1 Å². The summed E-state index contributed by atoms with van der Waals surface area (Å²) in [6.07, 6.45) is 1.41. The van der Waals surface area contributed by atoms with Crippen molar-refractivity contribution in [2.75, 3.05) is 13.2 Å². The van der Waals surface area contributed by atoms with Crippen LogP contribution in [-0.2, 0) is 19.1 Å². The largest absolute Gasteiger partial charge is 0.464 e. The topological polar surface area (TPSA) is 144 Å². The summed E-state index contributed by atoms with van der Waals surface area (Å²) in [7, 11) is 0. The lowest BCUT2D eigenvalue weighted by atomic mass is 9.94. The fourth-order valence-electron chi connectivity index (χ4n) is 3.09. The van der Waals surface area contributed by atoms with Crippen molar-refractivity contribution in [3.63, 3.8) is 0 Å². The average molecular weight is 435 g/mol. The second kappa shape index (κ2) is 9.09. The Morgan fingerprint density at radius 3 is 2.50 bits per heavy atom. The third-order valence-corrected chi connectivity index (χ3v) is 4.72. The lowest BCUT2D eigenvalue weighted by Gasteiger charge is -2.27. The molecule has 0 aliphatic carbocycles. The molecule has 0 radical (unpaired) electrons. The van der Waals surface area contributed by atoms with E-state index in [9.17, 15) is 29.8 Å². The van der Waals surface area contributed by atoms with Crippen LogP contribution in [0.5, 0.6) is 0 Å². The maximum Gasteiger partial charge on any atom is 0.302 e. The highest BCUT2D eigenvalue weighted by atomic mass is 16.6. The Bertz CT molecular complexity index is 1210. The van der Waals surface area contributed by atoms with Crippen LogP contribution in [0.4, 0.5) is 5.69 Å². The van der Waals surface area contributed by atoms with Gasteiger partial charge in [0.05, 0.1) is 11.5 Å². The van der Waals surface area contributed by atoms with Gasteiger partial charge in [0.25, 0.3) is 17.5 Å². The summed E-state index contributed by atoms with van der Waals surface area (Å²) in [6.45, 7) is 2.31. The van der Waals surface area contributed by atoms with Crippen LogP contribution in [0.1, 0.15) is 19.6 Å². The van der Waals surface area contributed by atoms with E-state index in [1.807, 2.05) is 6.07 Å². The number of nitro benzene ring substituents is 1. The number of nitriles is 1. The molecule has 0 saturated heterocycles. The second-order valence-electron chi connectivity index (χ2n) is 6.78. The van der Waals surface area contributed by atoms with E-state index in [0.717, 1.165) is 4.90 Å². The van der Waals surface area contributed by atoms with E-state index in [2.05, 4.69) is 0 Å². The van der Waals surface area contributed by atoms with E-state index in [4.69, 9.17) is 9.15 Å². The maximum absolute atomic E-state index is 12.9. The SMILES string of the molecule is CC(=O)OCCN1C(=O)C(C#N)=C(C)/C(=C\c2ccc(-c3ccc([N+](=O)[O-])cc3)o2)C1=O. The minimum absolute atomic E-state index is 0.0567. The zero-order chi connectivity index (χ0) is 23.4. The van der Waals surface area contributed by atoms with E-state index in [0.29, 0.717) is 11.3 Å². The molecular weight excluding hydrogens is 418 g/mol. The molecule has 32 heavy (non-hydrogen) atoms. The molecule has 0 spiro atoms. The molecule has 0 bridgehead atoms. The maximum atomic E-state index is 12.9. The van der Waals surface area contributed by atoms with Crippen LogP contribution in [0.25, 0.3) is 17.4 Å². The van der Waals surface area contributed by atoms with Gasteiger partial charge in [0.2, 0.25) is 0 Å². The standard InChI is InChI=1S/C22H17N3O7/c1-13-18(21(27)24(9-10-31-14(2)26)22(28)19(13)12-23)11-17-7-8-20(32-17)15-3-5-16(6-4-15)25(29)30/h3-8,11H,9-10H2,1-2H3/b18-11+. The molecule has 1 aliphatic rings. The normalized spacial score (nSPS) is 15.2.